The molecule has 0 aliphatic carbocycles. The Labute approximate surface area is 75.1 Å². The SMILES string of the molecule is O=C(/C=C/SO)c1ccccc1. The third-order valence-electron chi connectivity index (χ3n) is 1.34. The zero-order valence-electron chi connectivity index (χ0n) is 6.31. The molecular formula is C9H8O2S. The van der Waals surface area contributed by atoms with Crippen LogP contribution < -0.4 is 0 Å². The first-order valence-electron chi connectivity index (χ1n) is 3.41. The number of ketones is 1. The van der Waals surface area contributed by atoms with Gasteiger partial charge < -0.3 is 4.55 Å². The molecule has 1 rings (SSSR count). The van der Waals surface area contributed by atoms with Gasteiger partial charge in [0.1, 0.15) is 0 Å². The van der Waals surface area contributed by atoms with Gasteiger partial charge >= 0.3 is 0 Å². The van der Waals surface area contributed by atoms with Gasteiger partial charge in [-0.15, -0.1) is 0 Å². The van der Waals surface area contributed by atoms with Gasteiger partial charge in [0.05, 0.1) is 0 Å². The highest BCUT2D eigenvalue weighted by molar-refractivity contribution is 7.96. The van der Waals surface area contributed by atoms with E-state index in [0.29, 0.717) is 17.6 Å². The van der Waals surface area contributed by atoms with Crippen LogP contribution in [0.2, 0.25) is 0 Å². The van der Waals surface area contributed by atoms with Crippen molar-refractivity contribution in [3.05, 3.63) is 47.4 Å². The van der Waals surface area contributed by atoms with Gasteiger partial charge in [-0.1, -0.05) is 30.3 Å². The highest BCUT2D eigenvalue weighted by Gasteiger charge is 1.97. The van der Waals surface area contributed by atoms with Crippen molar-refractivity contribution < 1.29 is 9.35 Å². The molecule has 0 amide bonds. The molecule has 0 saturated carbocycles. The minimum absolute atomic E-state index is 0.0999. The average molecular weight is 180 g/mol. The molecule has 0 unspecified atom stereocenters. The molecule has 0 fully saturated rings. The first-order valence-corrected chi connectivity index (χ1v) is 4.24. The topological polar surface area (TPSA) is 37.3 Å². The maximum Gasteiger partial charge on any atom is 0.186 e. The predicted octanol–water partition coefficient (Wildman–Crippen LogP) is 2.59. The highest BCUT2D eigenvalue weighted by Crippen LogP contribution is 2.02. The molecule has 3 heteroatoms. The highest BCUT2D eigenvalue weighted by atomic mass is 32.2. The van der Waals surface area contributed by atoms with E-state index in [0.717, 1.165) is 0 Å². The number of benzene rings is 1. The Kier molecular flexibility index (Phi) is 3.57. The van der Waals surface area contributed by atoms with E-state index in [2.05, 4.69) is 0 Å². The van der Waals surface area contributed by atoms with Crippen LogP contribution in [0.5, 0.6) is 0 Å². The van der Waals surface area contributed by atoms with E-state index in [1.54, 1.807) is 24.3 Å². The van der Waals surface area contributed by atoms with E-state index in [-0.39, 0.29) is 5.78 Å². The van der Waals surface area contributed by atoms with Gasteiger partial charge in [0.25, 0.3) is 0 Å². The summed E-state index contributed by atoms with van der Waals surface area (Å²) in [7, 11) is 0. The van der Waals surface area contributed by atoms with Crippen molar-refractivity contribution in [1.82, 2.24) is 0 Å². The second-order valence-electron chi connectivity index (χ2n) is 2.14. The molecule has 1 aromatic carbocycles. The van der Waals surface area contributed by atoms with Crippen LogP contribution in [0.4, 0.5) is 0 Å². The van der Waals surface area contributed by atoms with Crippen molar-refractivity contribution in [3.8, 4) is 0 Å². The lowest BCUT2D eigenvalue weighted by molar-refractivity contribution is 0.104. The Balaban J connectivity index is 2.72. The Morgan fingerprint density at radius 1 is 1.33 bits per heavy atom. The molecule has 0 radical (unpaired) electrons. The van der Waals surface area contributed by atoms with Crippen LogP contribution in [-0.4, -0.2) is 10.3 Å². The lowest BCUT2D eigenvalue weighted by Crippen LogP contribution is -1.91. The quantitative estimate of drug-likeness (QED) is 0.441. The van der Waals surface area contributed by atoms with Crippen molar-refractivity contribution in [3.63, 3.8) is 0 Å². The fourth-order valence-corrected chi connectivity index (χ4v) is 0.975. The Bertz CT molecular complexity index is 280. The fourth-order valence-electron chi connectivity index (χ4n) is 0.791. The molecule has 0 aliphatic heterocycles. The molecule has 0 spiro atoms. The summed E-state index contributed by atoms with van der Waals surface area (Å²) in [6, 6.07) is 8.91. The molecule has 0 saturated heterocycles. The van der Waals surface area contributed by atoms with Gasteiger partial charge in [-0.25, -0.2) is 0 Å². The standard InChI is InChI=1S/C9H8O2S/c10-9(6-7-12-11)8-4-2-1-3-5-8/h1-7,11H/b7-6+. The molecule has 1 N–H and O–H groups in total. The number of carbonyl (C=O) groups excluding carboxylic acids is 1. The molecular weight excluding hydrogens is 172 g/mol. The number of carbonyl (C=O) groups is 1. The summed E-state index contributed by atoms with van der Waals surface area (Å²) in [5, 5.41) is 1.34. The molecule has 1 aromatic rings. The van der Waals surface area contributed by atoms with Crippen molar-refractivity contribution >= 4 is 17.8 Å². The van der Waals surface area contributed by atoms with Crippen LogP contribution in [0.15, 0.2) is 41.8 Å². The maximum absolute atomic E-state index is 11.2. The predicted molar refractivity (Wildman–Crippen MR) is 50.1 cm³/mol. The minimum atomic E-state index is -0.0999. The van der Waals surface area contributed by atoms with E-state index in [1.165, 1.54) is 11.5 Å². The summed E-state index contributed by atoms with van der Waals surface area (Å²) < 4.78 is 8.34. The summed E-state index contributed by atoms with van der Waals surface area (Å²) in [6.45, 7) is 0. The van der Waals surface area contributed by atoms with E-state index >= 15 is 0 Å². The first-order chi connectivity index (χ1) is 5.84. The van der Waals surface area contributed by atoms with E-state index in [1.807, 2.05) is 6.07 Å². The fraction of sp³-hybridized carbons (Fsp3) is 0. The van der Waals surface area contributed by atoms with Gasteiger partial charge in [-0.2, -0.15) is 0 Å². The van der Waals surface area contributed by atoms with Gasteiger partial charge in [0, 0.05) is 23.0 Å². The van der Waals surface area contributed by atoms with Crippen LogP contribution in [0.1, 0.15) is 10.4 Å². The van der Waals surface area contributed by atoms with E-state index in [4.69, 9.17) is 4.55 Å². The monoisotopic (exact) mass is 180 g/mol. The van der Waals surface area contributed by atoms with E-state index < -0.39 is 0 Å². The van der Waals surface area contributed by atoms with Crippen molar-refractivity contribution in [1.29, 1.82) is 0 Å². The first kappa shape index (κ1) is 9.03. The summed E-state index contributed by atoms with van der Waals surface area (Å²) in [4.78, 5) is 11.2. The van der Waals surface area contributed by atoms with Gasteiger partial charge in [-0.3, -0.25) is 4.79 Å². The summed E-state index contributed by atoms with van der Waals surface area (Å²) in [6.07, 6.45) is 1.33. The van der Waals surface area contributed by atoms with Crippen molar-refractivity contribution in [2.75, 3.05) is 0 Å². The molecule has 0 atom stereocenters. The molecule has 0 aliphatic rings. The summed E-state index contributed by atoms with van der Waals surface area (Å²) >= 11 is 0.523. The number of rotatable bonds is 3. The van der Waals surface area contributed by atoms with Gasteiger partial charge in [-0.05, 0) is 6.08 Å². The van der Waals surface area contributed by atoms with Crippen LogP contribution >= 0.6 is 12.0 Å². The molecule has 2 nitrogen and oxygen atoms in total. The number of hydrogen-bond acceptors (Lipinski definition) is 3. The second-order valence-corrected chi connectivity index (χ2v) is 2.62. The average Bonchev–Trinajstić information content (AvgIpc) is 2.15. The molecule has 62 valence electrons. The molecule has 0 aromatic heterocycles. The largest absolute Gasteiger partial charge is 0.326 e. The third-order valence-corrected chi connectivity index (χ3v) is 1.60. The lowest BCUT2D eigenvalue weighted by atomic mass is 10.1. The maximum atomic E-state index is 11.2. The molecule has 12 heavy (non-hydrogen) atoms. The Morgan fingerprint density at radius 2 is 2.00 bits per heavy atom. The van der Waals surface area contributed by atoms with Gasteiger partial charge in [0.2, 0.25) is 0 Å². The van der Waals surface area contributed by atoms with Crippen molar-refractivity contribution in [2.45, 2.75) is 0 Å². The van der Waals surface area contributed by atoms with Crippen LogP contribution in [0.25, 0.3) is 0 Å². The molecule has 0 heterocycles. The zero-order chi connectivity index (χ0) is 8.81. The van der Waals surface area contributed by atoms with E-state index in [9.17, 15) is 4.79 Å². The van der Waals surface area contributed by atoms with Gasteiger partial charge in [0.15, 0.2) is 5.78 Å². The van der Waals surface area contributed by atoms with Crippen molar-refractivity contribution in [2.24, 2.45) is 0 Å². The lowest BCUT2D eigenvalue weighted by Gasteiger charge is -1.91. The number of hydrogen-bond donors (Lipinski definition) is 1. The van der Waals surface area contributed by atoms with Crippen LogP contribution in [-0.2, 0) is 0 Å². The number of allylic oxidation sites excluding steroid dienone is 1. The Morgan fingerprint density at radius 3 is 2.58 bits per heavy atom. The smallest absolute Gasteiger partial charge is 0.186 e. The zero-order valence-corrected chi connectivity index (χ0v) is 7.12. The van der Waals surface area contributed by atoms with Crippen LogP contribution in [0, 0.1) is 0 Å². The Hall–Kier alpha value is -1.06. The molecule has 0 bridgehead atoms. The van der Waals surface area contributed by atoms with Crippen LogP contribution in [0.3, 0.4) is 0 Å². The minimum Gasteiger partial charge on any atom is -0.326 e. The second kappa shape index (κ2) is 4.74. The normalized spacial score (nSPS) is 10.4. The third kappa shape index (κ3) is 2.53. The summed E-state index contributed by atoms with van der Waals surface area (Å²) in [5.74, 6) is -0.0999. The summed E-state index contributed by atoms with van der Waals surface area (Å²) in [5.41, 5.74) is 0.628.